The Kier molecular flexibility index (Phi) is 9.21. The molecule has 4 rings (SSSR count). The summed E-state index contributed by atoms with van der Waals surface area (Å²) in [6.45, 7) is 0. The number of nitrogen functional groups attached to an aromatic ring is 1. The van der Waals surface area contributed by atoms with E-state index in [-0.39, 0.29) is 23.0 Å². The van der Waals surface area contributed by atoms with Crippen LogP contribution in [0.4, 0.5) is 22.7 Å². The average molecular weight is 583 g/mol. The van der Waals surface area contributed by atoms with Crippen LogP contribution in [-0.2, 0) is 37.7 Å². The number of nitrogens with two attached hydrogens (primary N) is 1. The first-order valence-corrected chi connectivity index (χ1v) is 12.1. The van der Waals surface area contributed by atoms with Crippen molar-refractivity contribution in [1.82, 2.24) is 18.3 Å². The molecule has 16 heteroatoms. The zero-order valence-corrected chi connectivity index (χ0v) is 23.7. The predicted octanol–water partition coefficient (Wildman–Crippen LogP) is 2.30. The minimum Gasteiger partial charge on any atom is -0.464 e. The number of aryl methyl sites for hydroxylation is 4. The van der Waals surface area contributed by atoms with Gasteiger partial charge in [-0.3, -0.25) is 19.7 Å². The summed E-state index contributed by atoms with van der Waals surface area (Å²) in [4.78, 5) is 57.4. The van der Waals surface area contributed by atoms with Crippen LogP contribution in [0.2, 0.25) is 0 Å². The fraction of sp³-hybridized carbons (Fsp3) is 0.231. The Hall–Kier alpha value is -5.80. The Morgan fingerprint density at radius 2 is 1.10 bits per heavy atom. The number of methoxy groups -OCH3 is 2. The van der Waals surface area contributed by atoms with E-state index in [4.69, 9.17) is 5.73 Å². The third-order valence-electron chi connectivity index (χ3n) is 6.01. The molecule has 0 saturated carbocycles. The Morgan fingerprint density at radius 1 is 0.690 bits per heavy atom. The average Bonchev–Trinajstić information content (AvgIpc) is 3.69. The molecule has 222 valence electrons. The number of esters is 2. The molecule has 0 saturated heterocycles. The van der Waals surface area contributed by atoms with Crippen molar-refractivity contribution in [2.75, 3.05) is 30.6 Å². The van der Waals surface area contributed by atoms with E-state index >= 15 is 0 Å². The summed E-state index contributed by atoms with van der Waals surface area (Å²) >= 11 is 0. The highest BCUT2D eigenvalue weighted by Crippen LogP contribution is 2.19. The van der Waals surface area contributed by atoms with Crippen LogP contribution in [0.1, 0.15) is 42.0 Å². The number of anilines is 3. The Bertz CT molecular complexity index is 1670. The molecule has 0 aromatic carbocycles. The smallest absolute Gasteiger partial charge is 0.354 e. The van der Waals surface area contributed by atoms with Crippen molar-refractivity contribution >= 4 is 46.5 Å². The van der Waals surface area contributed by atoms with Gasteiger partial charge in [0.15, 0.2) is 0 Å². The molecule has 4 aromatic rings. The van der Waals surface area contributed by atoms with Gasteiger partial charge in [-0.2, -0.15) is 0 Å². The molecule has 0 aliphatic rings. The number of aromatic nitrogens is 4. The van der Waals surface area contributed by atoms with Crippen molar-refractivity contribution in [1.29, 1.82) is 0 Å². The fourth-order valence-corrected chi connectivity index (χ4v) is 3.96. The number of hydrogen-bond donors (Lipinski definition) is 3. The molecule has 0 fully saturated rings. The summed E-state index contributed by atoms with van der Waals surface area (Å²) in [7, 11) is 9.16. The van der Waals surface area contributed by atoms with Crippen LogP contribution in [0.5, 0.6) is 0 Å². The highest BCUT2D eigenvalue weighted by Gasteiger charge is 2.20. The van der Waals surface area contributed by atoms with Gasteiger partial charge in [-0.25, -0.2) is 9.59 Å². The van der Waals surface area contributed by atoms with Crippen LogP contribution in [0.3, 0.4) is 0 Å². The number of carbonyl (C=O) groups excluding carboxylic acids is 4. The predicted molar refractivity (Wildman–Crippen MR) is 151 cm³/mol. The zero-order valence-electron chi connectivity index (χ0n) is 23.7. The molecule has 0 aliphatic heterocycles. The van der Waals surface area contributed by atoms with Crippen LogP contribution in [-0.4, -0.2) is 61.2 Å². The van der Waals surface area contributed by atoms with Gasteiger partial charge >= 0.3 is 11.9 Å². The van der Waals surface area contributed by atoms with Crippen LogP contribution in [0.25, 0.3) is 0 Å². The largest absolute Gasteiger partial charge is 0.464 e. The van der Waals surface area contributed by atoms with Gasteiger partial charge in [0.05, 0.1) is 42.4 Å². The lowest BCUT2D eigenvalue weighted by molar-refractivity contribution is -0.384. The van der Waals surface area contributed by atoms with Gasteiger partial charge in [-0.15, -0.1) is 0 Å². The van der Waals surface area contributed by atoms with E-state index in [1.807, 2.05) is 0 Å². The summed E-state index contributed by atoms with van der Waals surface area (Å²) in [5, 5.41) is 16.0. The first-order chi connectivity index (χ1) is 19.7. The molecule has 0 aliphatic carbocycles. The van der Waals surface area contributed by atoms with E-state index in [0.29, 0.717) is 28.5 Å². The van der Waals surface area contributed by atoms with Gasteiger partial charge in [0, 0.05) is 52.8 Å². The van der Waals surface area contributed by atoms with Gasteiger partial charge in [0.2, 0.25) is 0 Å². The number of carbonyl (C=O) groups is 4. The van der Waals surface area contributed by atoms with Gasteiger partial charge in [0.25, 0.3) is 17.5 Å². The molecule has 0 atom stereocenters. The van der Waals surface area contributed by atoms with E-state index in [2.05, 4.69) is 20.1 Å². The first kappa shape index (κ1) is 30.7. The van der Waals surface area contributed by atoms with Gasteiger partial charge in [0.1, 0.15) is 22.8 Å². The molecule has 4 heterocycles. The van der Waals surface area contributed by atoms with Crippen molar-refractivity contribution in [2.24, 2.45) is 28.2 Å². The molecule has 42 heavy (non-hydrogen) atoms. The van der Waals surface area contributed by atoms with Crippen molar-refractivity contribution < 1.29 is 33.6 Å². The Labute approximate surface area is 239 Å². The molecule has 0 spiro atoms. The molecule has 0 radical (unpaired) electrons. The second kappa shape index (κ2) is 12.6. The molecule has 2 amide bonds. The minimum atomic E-state index is -0.575. The van der Waals surface area contributed by atoms with E-state index in [1.165, 1.54) is 48.7 Å². The molecular weight excluding hydrogens is 552 g/mol. The Balaban J connectivity index is 0.000000231. The van der Waals surface area contributed by atoms with Crippen molar-refractivity contribution in [2.45, 2.75) is 0 Å². The maximum atomic E-state index is 12.2. The van der Waals surface area contributed by atoms with E-state index < -0.39 is 22.8 Å². The maximum absolute atomic E-state index is 12.2. The lowest BCUT2D eigenvalue weighted by atomic mass is 10.3. The second-order valence-electron chi connectivity index (χ2n) is 9.06. The number of nitro groups is 1. The van der Waals surface area contributed by atoms with E-state index in [9.17, 15) is 29.3 Å². The molecule has 16 nitrogen and oxygen atoms in total. The highest BCUT2D eigenvalue weighted by molar-refractivity contribution is 6.05. The number of rotatable bonds is 7. The van der Waals surface area contributed by atoms with Gasteiger partial charge in [-0.05, 0) is 18.2 Å². The second-order valence-corrected chi connectivity index (χ2v) is 9.06. The van der Waals surface area contributed by atoms with Crippen LogP contribution < -0.4 is 16.4 Å². The maximum Gasteiger partial charge on any atom is 0.354 e. The van der Waals surface area contributed by atoms with Crippen LogP contribution in [0.15, 0.2) is 49.1 Å². The number of amides is 2. The van der Waals surface area contributed by atoms with Gasteiger partial charge in [-0.1, -0.05) is 0 Å². The van der Waals surface area contributed by atoms with Crippen molar-refractivity contribution in [3.8, 4) is 0 Å². The lowest BCUT2D eigenvalue weighted by Gasteiger charge is -2.03. The topological polar surface area (TPSA) is 200 Å². The van der Waals surface area contributed by atoms with Crippen molar-refractivity contribution in [3.63, 3.8) is 0 Å². The normalized spacial score (nSPS) is 10.3. The molecule has 0 unspecified atom stereocenters. The number of nitrogens with zero attached hydrogens (tertiary/aromatic N) is 5. The Morgan fingerprint density at radius 3 is 1.45 bits per heavy atom. The third kappa shape index (κ3) is 6.85. The summed E-state index contributed by atoms with van der Waals surface area (Å²) in [5.74, 6) is -1.81. The molecule has 0 bridgehead atoms. The zero-order chi connectivity index (χ0) is 31.3. The van der Waals surface area contributed by atoms with Crippen LogP contribution >= 0.6 is 0 Å². The molecular formula is C26H30N8O8. The highest BCUT2D eigenvalue weighted by atomic mass is 16.6. The van der Waals surface area contributed by atoms with Gasteiger partial charge < -0.3 is 44.1 Å². The van der Waals surface area contributed by atoms with Crippen molar-refractivity contribution in [3.05, 3.63) is 81.9 Å². The summed E-state index contributed by atoms with van der Waals surface area (Å²) in [5.41, 5.74) is 8.07. The first-order valence-electron chi connectivity index (χ1n) is 12.1. The third-order valence-corrected chi connectivity index (χ3v) is 6.01. The van der Waals surface area contributed by atoms with Crippen LogP contribution in [0, 0.1) is 10.1 Å². The van der Waals surface area contributed by atoms with E-state index in [1.54, 1.807) is 61.0 Å². The monoisotopic (exact) mass is 582 g/mol. The minimum absolute atomic E-state index is 0.134. The quantitative estimate of drug-likeness (QED) is 0.166. The van der Waals surface area contributed by atoms with E-state index in [0.717, 1.165) is 0 Å². The SMILES string of the molecule is COC(=O)c1cc(NC(=O)c2cc(N)cn2C)cn1C.COC(=O)c1cc(NC(=O)c2cc([N+](=O)[O-])cn2C)cn1C. The summed E-state index contributed by atoms with van der Waals surface area (Å²) in [6, 6.07) is 5.77. The fourth-order valence-electron chi connectivity index (χ4n) is 3.96. The number of hydrogen-bond acceptors (Lipinski definition) is 9. The summed E-state index contributed by atoms with van der Waals surface area (Å²) < 4.78 is 15.4. The number of ether oxygens (including phenoxy) is 2. The molecule has 4 N–H and O–H groups in total. The lowest BCUT2D eigenvalue weighted by Crippen LogP contribution is -2.14. The standard InChI is InChI=1S/C13H14N4O5.C13H16N4O3/c1-15-6-8(4-11(15)13(19)22-3)14-12(18)10-5-9(17(20)21)7-16(10)2;1-16-6-8(14)4-10(16)12(18)15-9-5-11(13(19)20-3)17(2)7-9/h4-7H,1-3H3,(H,14,18);4-7H,14H2,1-3H3,(H,15,18). The summed E-state index contributed by atoms with van der Waals surface area (Å²) in [6.07, 6.45) is 6.08. The molecule has 4 aromatic heterocycles. The number of nitrogens with one attached hydrogen (secondary N) is 2.